The zero-order valence-corrected chi connectivity index (χ0v) is 28.4. The highest BCUT2D eigenvalue weighted by Gasteiger charge is 2.36. The van der Waals surface area contributed by atoms with Crippen LogP contribution < -0.4 is 24.8 Å². The molecule has 2 atom stereocenters. The first-order valence-corrected chi connectivity index (χ1v) is 16.8. The van der Waals surface area contributed by atoms with Crippen LogP contribution in [0, 0.1) is 5.92 Å². The van der Waals surface area contributed by atoms with Crippen molar-refractivity contribution in [2.75, 3.05) is 26.8 Å². The highest BCUT2D eigenvalue weighted by Crippen LogP contribution is 2.33. The van der Waals surface area contributed by atoms with Crippen LogP contribution in [0.2, 0.25) is 0 Å². The number of piperidine rings is 1. The topological polar surface area (TPSA) is 124 Å². The molecule has 0 radical (unpaired) electrons. The highest BCUT2D eigenvalue weighted by molar-refractivity contribution is 5.97. The van der Waals surface area contributed by atoms with Crippen molar-refractivity contribution >= 4 is 17.7 Å². The Morgan fingerprint density at radius 1 is 1.02 bits per heavy atom. The third kappa shape index (κ3) is 7.88. The number of fused-ring (bicyclic) bond motifs is 7. The number of nitrogens with one attached hydrogen (secondary N) is 2. The van der Waals surface area contributed by atoms with Gasteiger partial charge in [-0.3, -0.25) is 19.1 Å². The summed E-state index contributed by atoms with van der Waals surface area (Å²) in [4.78, 5) is 42.3. The number of amides is 3. The first-order chi connectivity index (χ1) is 23.7. The number of rotatable bonds is 5. The molecular weight excluding hydrogens is 622 g/mol. The maximum absolute atomic E-state index is 14.0. The monoisotopic (exact) mass is 665 g/mol. The van der Waals surface area contributed by atoms with Gasteiger partial charge in [-0.2, -0.15) is 5.10 Å². The minimum absolute atomic E-state index is 0.122. The lowest BCUT2D eigenvalue weighted by Crippen LogP contribution is -2.58. The zero-order chi connectivity index (χ0) is 34.5. The maximum Gasteiger partial charge on any atom is 0.272 e. The van der Waals surface area contributed by atoms with Crippen LogP contribution in [0.3, 0.4) is 0 Å². The third-order valence-electron chi connectivity index (χ3n) is 8.80. The quantitative estimate of drug-likeness (QED) is 0.312. The summed E-state index contributed by atoms with van der Waals surface area (Å²) >= 11 is 0. The van der Waals surface area contributed by atoms with E-state index < -0.39 is 12.1 Å². The van der Waals surface area contributed by atoms with Gasteiger partial charge in [-0.15, -0.1) is 0 Å². The summed E-state index contributed by atoms with van der Waals surface area (Å²) in [6.45, 7) is 7.72. The van der Waals surface area contributed by atoms with Crippen LogP contribution in [0.15, 0.2) is 72.8 Å². The van der Waals surface area contributed by atoms with Crippen molar-refractivity contribution in [1.29, 1.82) is 0 Å². The molecule has 1 saturated heterocycles. The Hall–Kier alpha value is -5.32. The molecule has 7 rings (SSSR count). The van der Waals surface area contributed by atoms with Gasteiger partial charge in [0.1, 0.15) is 29.0 Å². The molecule has 11 nitrogen and oxygen atoms in total. The van der Waals surface area contributed by atoms with Gasteiger partial charge in [0.25, 0.3) is 17.7 Å². The van der Waals surface area contributed by atoms with Crippen molar-refractivity contribution in [3.05, 3.63) is 95.3 Å². The first-order valence-electron chi connectivity index (χ1n) is 16.8. The number of hydrogen-bond acceptors (Lipinski definition) is 7. The van der Waals surface area contributed by atoms with E-state index in [1.54, 1.807) is 41.0 Å². The molecule has 4 aromatic rings. The van der Waals surface area contributed by atoms with Gasteiger partial charge >= 0.3 is 0 Å². The predicted molar refractivity (Wildman–Crippen MR) is 185 cm³/mol. The van der Waals surface area contributed by atoms with Gasteiger partial charge in [-0.1, -0.05) is 38.1 Å². The Kier molecular flexibility index (Phi) is 10.2. The SMILES string of the molecule is CCn1nc(CC(C)C)cc1C(=O)N1CC[C@H]2Oc3ccc(cc3)CNC(=O)COc3cccc(c3)-c3cc(ccc3OC)C(=O)N[C@@H]2C1. The second-order valence-corrected chi connectivity index (χ2v) is 12.9. The Morgan fingerprint density at radius 3 is 2.59 bits per heavy atom. The van der Waals surface area contributed by atoms with Crippen molar-refractivity contribution in [3.8, 4) is 28.4 Å². The molecule has 256 valence electrons. The van der Waals surface area contributed by atoms with Gasteiger partial charge in [0.2, 0.25) is 0 Å². The van der Waals surface area contributed by atoms with Gasteiger partial charge in [-0.05, 0) is 78.9 Å². The molecular formula is C38H43N5O6. The average molecular weight is 666 g/mol. The minimum atomic E-state index is -0.509. The molecule has 1 aromatic heterocycles. The lowest BCUT2D eigenvalue weighted by atomic mass is 9.99. The number of likely N-dealkylation sites (tertiary alicyclic amines) is 1. The smallest absolute Gasteiger partial charge is 0.272 e. The summed E-state index contributed by atoms with van der Waals surface area (Å²) in [7, 11) is 1.57. The number of aromatic nitrogens is 2. The van der Waals surface area contributed by atoms with E-state index in [2.05, 4.69) is 29.6 Å². The van der Waals surface area contributed by atoms with Crippen molar-refractivity contribution in [1.82, 2.24) is 25.3 Å². The second-order valence-electron chi connectivity index (χ2n) is 12.9. The second kappa shape index (κ2) is 14.8. The largest absolute Gasteiger partial charge is 0.496 e. The van der Waals surface area contributed by atoms with E-state index in [0.29, 0.717) is 66.0 Å². The van der Waals surface area contributed by atoms with Crippen LogP contribution in [0.25, 0.3) is 11.1 Å². The van der Waals surface area contributed by atoms with Crippen LogP contribution in [-0.4, -0.2) is 71.4 Å². The summed E-state index contributed by atoms with van der Waals surface area (Å²) in [5.41, 5.74) is 4.21. The van der Waals surface area contributed by atoms with Crippen LogP contribution >= 0.6 is 0 Å². The van der Waals surface area contributed by atoms with Crippen LogP contribution in [0.5, 0.6) is 17.2 Å². The molecule has 3 aromatic carbocycles. The standard InChI is InChI=1S/C38H43N5O6/c1-5-43-33(20-28(41-43)17-24(2)3)38(46)42-16-15-35-32(22-42)40-37(45)27-11-14-34(47-4)31(19-27)26-7-6-8-30(18-26)48-23-36(44)39-21-25-9-12-29(49-35)13-10-25/h6-14,18-20,24,32,35H,5,15-17,21-23H2,1-4H3,(H,39,44)(H,40,45)/t32-,35-/m1/s1. The van der Waals surface area contributed by atoms with Gasteiger partial charge in [0.05, 0.1) is 18.8 Å². The van der Waals surface area contributed by atoms with E-state index in [4.69, 9.17) is 14.2 Å². The number of carbonyl (C=O) groups is 3. The van der Waals surface area contributed by atoms with E-state index in [0.717, 1.165) is 23.2 Å². The summed E-state index contributed by atoms with van der Waals surface area (Å²) in [5, 5.41) is 10.8. The van der Waals surface area contributed by atoms with E-state index in [-0.39, 0.29) is 30.9 Å². The van der Waals surface area contributed by atoms with Crippen LogP contribution in [0.4, 0.5) is 0 Å². The Labute approximate surface area is 286 Å². The van der Waals surface area contributed by atoms with Crippen LogP contribution in [0.1, 0.15) is 59.3 Å². The number of nitrogens with zero attached hydrogens (tertiary/aromatic N) is 3. The van der Waals surface area contributed by atoms with E-state index in [1.807, 2.05) is 55.5 Å². The summed E-state index contributed by atoms with van der Waals surface area (Å²) < 4.78 is 19.7. The molecule has 4 heterocycles. The number of benzene rings is 3. The normalized spacial score (nSPS) is 18.1. The van der Waals surface area contributed by atoms with Gasteiger partial charge in [-0.25, -0.2) is 0 Å². The Bertz CT molecular complexity index is 1820. The van der Waals surface area contributed by atoms with Gasteiger partial charge < -0.3 is 29.7 Å². The Morgan fingerprint density at radius 2 is 1.84 bits per heavy atom. The van der Waals surface area contributed by atoms with Crippen molar-refractivity contribution in [3.63, 3.8) is 0 Å². The first kappa shape index (κ1) is 33.6. The molecule has 0 spiro atoms. The molecule has 2 N–H and O–H groups in total. The number of ether oxygens (including phenoxy) is 3. The van der Waals surface area contributed by atoms with E-state index in [1.165, 1.54) is 0 Å². The fourth-order valence-electron chi connectivity index (χ4n) is 6.30. The molecule has 0 unspecified atom stereocenters. The van der Waals surface area contributed by atoms with E-state index in [9.17, 15) is 14.4 Å². The molecule has 6 bridgehead atoms. The molecule has 3 aliphatic heterocycles. The molecule has 3 aliphatic rings. The summed E-state index contributed by atoms with van der Waals surface area (Å²) in [5.74, 6) is 1.46. The average Bonchev–Trinajstić information content (AvgIpc) is 3.52. The molecule has 3 amide bonds. The number of hydrogen-bond donors (Lipinski definition) is 2. The number of aryl methyl sites for hydroxylation is 1. The maximum atomic E-state index is 14.0. The molecule has 11 heteroatoms. The van der Waals surface area contributed by atoms with Crippen molar-refractivity contribution in [2.45, 2.75) is 58.8 Å². The lowest BCUT2D eigenvalue weighted by Gasteiger charge is -2.39. The molecule has 0 aliphatic carbocycles. The minimum Gasteiger partial charge on any atom is -0.496 e. The fraction of sp³-hybridized carbons (Fsp3) is 0.368. The van der Waals surface area contributed by atoms with Crippen molar-refractivity contribution in [2.24, 2.45) is 5.92 Å². The fourth-order valence-corrected chi connectivity index (χ4v) is 6.30. The highest BCUT2D eigenvalue weighted by atomic mass is 16.5. The third-order valence-corrected chi connectivity index (χ3v) is 8.80. The molecule has 1 fully saturated rings. The Balaban J connectivity index is 1.33. The summed E-state index contributed by atoms with van der Waals surface area (Å²) in [6.07, 6.45) is 0.894. The van der Waals surface area contributed by atoms with Crippen LogP contribution in [-0.2, 0) is 24.3 Å². The summed E-state index contributed by atoms with van der Waals surface area (Å²) in [6, 6.07) is 21.4. The lowest BCUT2D eigenvalue weighted by molar-refractivity contribution is -0.123. The number of methoxy groups -OCH3 is 1. The zero-order valence-electron chi connectivity index (χ0n) is 28.4. The molecule has 0 saturated carbocycles. The van der Waals surface area contributed by atoms with Gasteiger partial charge in [0, 0.05) is 43.7 Å². The predicted octanol–water partition coefficient (Wildman–Crippen LogP) is 4.88. The molecule has 49 heavy (non-hydrogen) atoms. The van der Waals surface area contributed by atoms with Gasteiger partial charge in [0.15, 0.2) is 6.61 Å². The van der Waals surface area contributed by atoms with E-state index >= 15 is 0 Å². The number of carbonyl (C=O) groups excluding carboxylic acids is 3. The van der Waals surface area contributed by atoms with Crippen molar-refractivity contribution < 1.29 is 28.6 Å².